The van der Waals surface area contributed by atoms with Crippen LogP contribution in [0.1, 0.15) is 30.5 Å². The van der Waals surface area contributed by atoms with Crippen molar-refractivity contribution in [2.45, 2.75) is 25.6 Å². The van der Waals surface area contributed by atoms with E-state index in [4.69, 9.17) is 5.73 Å². The van der Waals surface area contributed by atoms with Crippen molar-refractivity contribution < 1.29 is 17.6 Å². The zero-order valence-electron chi connectivity index (χ0n) is 8.11. The Morgan fingerprint density at radius 1 is 1.33 bits per heavy atom. The summed E-state index contributed by atoms with van der Waals surface area (Å²) >= 11 is 0. The van der Waals surface area contributed by atoms with E-state index < -0.39 is 23.6 Å². The summed E-state index contributed by atoms with van der Waals surface area (Å²) in [5, 5.41) is 0. The Morgan fingerprint density at radius 2 is 1.93 bits per heavy atom. The predicted molar refractivity (Wildman–Crippen MR) is 48.6 cm³/mol. The second kappa shape index (κ2) is 4.18. The molecule has 0 saturated carbocycles. The van der Waals surface area contributed by atoms with Crippen LogP contribution < -0.4 is 5.73 Å². The molecule has 5 heteroatoms. The molecule has 0 aliphatic heterocycles. The molecule has 1 rings (SSSR count). The Bertz CT molecular complexity index is 346. The fourth-order valence-electron chi connectivity index (χ4n) is 1.28. The van der Waals surface area contributed by atoms with Crippen molar-refractivity contribution in [3.8, 4) is 0 Å². The normalized spacial score (nSPS) is 14.0. The summed E-state index contributed by atoms with van der Waals surface area (Å²) < 4.78 is 50.4. The maximum Gasteiger partial charge on any atom is 0.419 e. The summed E-state index contributed by atoms with van der Waals surface area (Å²) in [7, 11) is 0. The highest BCUT2D eigenvalue weighted by Gasteiger charge is 2.35. The van der Waals surface area contributed by atoms with E-state index in [1.54, 1.807) is 6.92 Å². The standard InChI is InChI=1S/C10H11F4N/c1-2-8(15)6-4-3-5-7(9(6)11)10(12,13)14/h3-5,8H,2,15H2,1H3/t8-/m0/s1. The number of halogens is 4. The van der Waals surface area contributed by atoms with E-state index in [-0.39, 0.29) is 5.56 Å². The smallest absolute Gasteiger partial charge is 0.324 e. The highest BCUT2D eigenvalue weighted by Crippen LogP contribution is 2.33. The quantitative estimate of drug-likeness (QED) is 0.762. The van der Waals surface area contributed by atoms with Gasteiger partial charge in [-0.05, 0) is 12.5 Å². The highest BCUT2D eigenvalue weighted by atomic mass is 19.4. The molecule has 0 heterocycles. The first-order valence-corrected chi connectivity index (χ1v) is 4.49. The van der Waals surface area contributed by atoms with E-state index in [0.29, 0.717) is 12.5 Å². The van der Waals surface area contributed by atoms with Gasteiger partial charge in [0.25, 0.3) is 0 Å². The molecule has 0 unspecified atom stereocenters. The van der Waals surface area contributed by atoms with Gasteiger partial charge >= 0.3 is 6.18 Å². The lowest BCUT2D eigenvalue weighted by Gasteiger charge is -2.14. The summed E-state index contributed by atoms with van der Waals surface area (Å²) in [6, 6.07) is 2.45. The van der Waals surface area contributed by atoms with Crippen LogP contribution in [0.25, 0.3) is 0 Å². The van der Waals surface area contributed by atoms with Crippen LogP contribution in [0.3, 0.4) is 0 Å². The van der Waals surface area contributed by atoms with Gasteiger partial charge in [0.1, 0.15) is 5.82 Å². The first-order chi connectivity index (χ1) is 6.88. The van der Waals surface area contributed by atoms with Gasteiger partial charge < -0.3 is 5.73 Å². The van der Waals surface area contributed by atoms with Gasteiger partial charge in [-0.15, -0.1) is 0 Å². The molecule has 0 radical (unpaired) electrons. The van der Waals surface area contributed by atoms with Crippen LogP contribution in [0.15, 0.2) is 18.2 Å². The van der Waals surface area contributed by atoms with Crippen molar-refractivity contribution >= 4 is 0 Å². The number of hydrogen-bond donors (Lipinski definition) is 1. The lowest BCUT2D eigenvalue weighted by molar-refractivity contribution is -0.140. The van der Waals surface area contributed by atoms with Crippen LogP contribution in [0.2, 0.25) is 0 Å². The molecule has 2 N–H and O–H groups in total. The van der Waals surface area contributed by atoms with Gasteiger partial charge in [-0.3, -0.25) is 0 Å². The number of alkyl halides is 3. The van der Waals surface area contributed by atoms with Crippen LogP contribution in [0.4, 0.5) is 17.6 Å². The van der Waals surface area contributed by atoms with Crippen molar-refractivity contribution in [3.63, 3.8) is 0 Å². The van der Waals surface area contributed by atoms with Gasteiger partial charge in [-0.2, -0.15) is 13.2 Å². The lowest BCUT2D eigenvalue weighted by atomic mass is 10.0. The maximum absolute atomic E-state index is 13.4. The highest BCUT2D eigenvalue weighted by molar-refractivity contribution is 5.30. The zero-order chi connectivity index (χ0) is 11.6. The molecule has 1 aromatic carbocycles. The van der Waals surface area contributed by atoms with Crippen LogP contribution in [-0.2, 0) is 6.18 Å². The van der Waals surface area contributed by atoms with E-state index in [1.807, 2.05) is 0 Å². The third-order valence-corrected chi connectivity index (χ3v) is 2.17. The number of benzene rings is 1. The molecule has 1 aromatic rings. The molecule has 0 fully saturated rings. The average Bonchev–Trinajstić information content (AvgIpc) is 2.15. The summed E-state index contributed by atoms with van der Waals surface area (Å²) in [6.07, 6.45) is -4.29. The summed E-state index contributed by atoms with van der Waals surface area (Å²) in [6.45, 7) is 1.68. The Hall–Kier alpha value is -1.10. The van der Waals surface area contributed by atoms with E-state index in [1.165, 1.54) is 6.07 Å². The molecule has 15 heavy (non-hydrogen) atoms. The van der Waals surface area contributed by atoms with Crippen molar-refractivity contribution in [2.75, 3.05) is 0 Å². The summed E-state index contributed by atoms with van der Waals surface area (Å²) in [4.78, 5) is 0. The van der Waals surface area contributed by atoms with E-state index in [2.05, 4.69) is 0 Å². The molecule has 84 valence electrons. The molecule has 0 amide bonds. The molecule has 1 nitrogen and oxygen atoms in total. The molecule has 0 saturated heterocycles. The topological polar surface area (TPSA) is 26.0 Å². The maximum atomic E-state index is 13.4. The Morgan fingerprint density at radius 3 is 2.40 bits per heavy atom. The number of nitrogens with two attached hydrogens (primary N) is 1. The fraction of sp³-hybridized carbons (Fsp3) is 0.400. The van der Waals surface area contributed by atoms with Crippen LogP contribution in [0.5, 0.6) is 0 Å². The van der Waals surface area contributed by atoms with Crippen molar-refractivity contribution in [1.29, 1.82) is 0 Å². The van der Waals surface area contributed by atoms with Crippen LogP contribution >= 0.6 is 0 Å². The molecule has 1 atom stereocenters. The average molecular weight is 221 g/mol. The van der Waals surface area contributed by atoms with Gasteiger partial charge in [-0.25, -0.2) is 4.39 Å². The second-order valence-corrected chi connectivity index (χ2v) is 3.22. The van der Waals surface area contributed by atoms with Crippen LogP contribution in [0, 0.1) is 5.82 Å². The molecule has 0 aromatic heterocycles. The molecule has 0 bridgehead atoms. The number of hydrogen-bond acceptors (Lipinski definition) is 1. The number of rotatable bonds is 2. The SMILES string of the molecule is CC[C@H](N)c1cccc(C(F)(F)F)c1F. The Labute approximate surface area is 84.9 Å². The van der Waals surface area contributed by atoms with Gasteiger partial charge in [-0.1, -0.05) is 19.1 Å². The zero-order valence-corrected chi connectivity index (χ0v) is 8.11. The minimum Gasteiger partial charge on any atom is -0.324 e. The largest absolute Gasteiger partial charge is 0.419 e. The fourth-order valence-corrected chi connectivity index (χ4v) is 1.28. The van der Waals surface area contributed by atoms with Crippen molar-refractivity contribution in [2.24, 2.45) is 5.73 Å². The Balaban J connectivity index is 3.23. The third kappa shape index (κ3) is 2.47. The Kier molecular flexibility index (Phi) is 3.34. The minimum absolute atomic E-state index is 0.0904. The first kappa shape index (κ1) is 12.0. The molecular formula is C10H11F4N. The van der Waals surface area contributed by atoms with E-state index in [9.17, 15) is 17.6 Å². The van der Waals surface area contributed by atoms with Crippen molar-refractivity contribution in [1.82, 2.24) is 0 Å². The first-order valence-electron chi connectivity index (χ1n) is 4.49. The van der Waals surface area contributed by atoms with E-state index in [0.717, 1.165) is 6.07 Å². The van der Waals surface area contributed by atoms with Crippen LogP contribution in [-0.4, -0.2) is 0 Å². The molecule has 0 spiro atoms. The van der Waals surface area contributed by atoms with Gasteiger partial charge in [0.2, 0.25) is 0 Å². The lowest BCUT2D eigenvalue weighted by Crippen LogP contribution is -2.15. The summed E-state index contributed by atoms with van der Waals surface area (Å²) in [5.74, 6) is -1.26. The molecule has 0 aliphatic carbocycles. The van der Waals surface area contributed by atoms with Gasteiger partial charge in [0.05, 0.1) is 5.56 Å². The monoisotopic (exact) mass is 221 g/mol. The summed E-state index contributed by atoms with van der Waals surface area (Å²) in [5.41, 5.74) is 4.15. The van der Waals surface area contributed by atoms with Crippen molar-refractivity contribution in [3.05, 3.63) is 35.1 Å². The van der Waals surface area contributed by atoms with Gasteiger partial charge in [0, 0.05) is 11.6 Å². The second-order valence-electron chi connectivity index (χ2n) is 3.22. The molecule has 0 aliphatic rings. The predicted octanol–water partition coefficient (Wildman–Crippen LogP) is 3.25. The molecular weight excluding hydrogens is 210 g/mol. The third-order valence-electron chi connectivity index (χ3n) is 2.17. The van der Waals surface area contributed by atoms with Gasteiger partial charge in [0.15, 0.2) is 0 Å². The minimum atomic E-state index is -4.67. The van der Waals surface area contributed by atoms with E-state index >= 15 is 0 Å².